The van der Waals surface area contributed by atoms with Crippen LogP contribution in [0.1, 0.15) is 71.3 Å². The molecule has 280 valence electrons. The number of nitrogens with zero attached hydrogens (tertiary/aromatic N) is 1. The fourth-order valence-corrected chi connectivity index (χ4v) is 3.89. The summed E-state index contributed by atoms with van der Waals surface area (Å²) in [7, 11) is 0. The van der Waals surface area contributed by atoms with Crippen LogP contribution in [0.25, 0.3) is 0 Å². The molecule has 1 aromatic rings. The number of halogens is 3. The monoisotopic (exact) mass is 710 g/mol. The maximum absolute atomic E-state index is 12.5. The molecule has 1 aliphatic carbocycles. The number of esters is 1. The Morgan fingerprint density at radius 2 is 1.84 bits per heavy atom. The van der Waals surface area contributed by atoms with Gasteiger partial charge in [0.2, 0.25) is 5.91 Å². The summed E-state index contributed by atoms with van der Waals surface area (Å²) in [6, 6.07) is 4.88. The van der Waals surface area contributed by atoms with E-state index in [1.807, 2.05) is 44.3 Å². The number of hydrogen-bond acceptors (Lipinski definition) is 10. The summed E-state index contributed by atoms with van der Waals surface area (Å²) < 4.78 is 52.5. The number of benzene rings is 1. The summed E-state index contributed by atoms with van der Waals surface area (Å²) >= 11 is 0. The minimum atomic E-state index is -4.35. The number of ether oxygens (including phenoxy) is 3. The second-order valence-electron chi connectivity index (χ2n) is 10.5. The molecular weight excluding hydrogens is 661 g/mol. The number of alkyl halides is 3. The number of aliphatic hydroxyl groups excluding tert-OH is 1. The van der Waals surface area contributed by atoms with Gasteiger partial charge >= 0.3 is 18.1 Å². The highest BCUT2D eigenvalue weighted by Crippen LogP contribution is 2.31. The van der Waals surface area contributed by atoms with E-state index in [4.69, 9.17) is 14.6 Å². The molecule has 14 nitrogen and oxygen atoms in total. The highest BCUT2D eigenvalue weighted by Gasteiger charge is 2.30. The molecule has 0 saturated heterocycles. The lowest BCUT2D eigenvalue weighted by Crippen LogP contribution is -2.32. The Kier molecular flexibility index (Phi) is 26.5. The molecule has 5 N–H and O–H groups in total. The molecule has 2 atom stereocenters. The maximum Gasteiger partial charge on any atom is 0.416 e. The minimum absolute atomic E-state index is 0. The van der Waals surface area contributed by atoms with Crippen LogP contribution >= 0.6 is 0 Å². The zero-order chi connectivity index (χ0) is 36.4. The molecule has 2 unspecified atom stereocenters. The predicted octanol–water partition coefficient (Wildman–Crippen LogP) is 4.46. The Morgan fingerprint density at radius 3 is 2.41 bits per heavy atom. The van der Waals surface area contributed by atoms with Gasteiger partial charge in [-0.05, 0) is 71.1 Å². The average molecular weight is 711 g/mol. The smallest absolute Gasteiger partial charge is 0.416 e. The standard InChI is InChI=1S/C16H19F3O2.C10H18O2.C6H10N2O7.H2O/c17-16(18,19)13-7-4-8-14(11-13)21-10-2-1-5-12-6-3-9-15(12)20;1-4-5-6-7-8-10(11)12-9(2)3;9-5(7-3-6(10)11)4-14-1-2-15-8(12)13;/h1,4-5,7-8,11-12,15,20H,2-3,6,9-10H2;4-5,9H,6-8H2,1-3H3;1-4H2,(H,7,9)(H,10,11);1H2/b5-1+;5-4-;;. The molecule has 1 aliphatic rings. The van der Waals surface area contributed by atoms with E-state index in [1.165, 1.54) is 12.1 Å². The van der Waals surface area contributed by atoms with Crippen molar-refractivity contribution in [2.45, 2.75) is 84.1 Å². The lowest BCUT2D eigenvalue weighted by molar-refractivity contribution is -0.758. The molecule has 1 amide bonds. The number of nitrogens with one attached hydrogen (secondary N) is 1. The van der Waals surface area contributed by atoms with Gasteiger partial charge in [-0.1, -0.05) is 36.8 Å². The summed E-state index contributed by atoms with van der Waals surface area (Å²) in [6.07, 6.45) is 9.22. The molecule has 1 fully saturated rings. The third kappa shape index (κ3) is 27.4. The summed E-state index contributed by atoms with van der Waals surface area (Å²) in [4.78, 5) is 45.3. The van der Waals surface area contributed by atoms with Gasteiger partial charge in [0.15, 0.2) is 0 Å². The lowest BCUT2D eigenvalue weighted by atomic mass is 10.1. The molecule has 17 heteroatoms. The number of aliphatic carboxylic acids is 1. The van der Waals surface area contributed by atoms with E-state index in [0.29, 0.717) is 19.4 Å². The van der Waals surface area contributed by atoms with Crippen LogP contribution in [0.4, 0.5) is 13.2 Å². The molecule has 1 saturated carbocycles. The van der Waals surface area contributed by atoms with Gasteiger partial charge < -0.3 is 40.1 Å². The van der Waals surface area contributed by atoms with E-state index in [0.717, 1.165) is 44.2 Å². The number of carbonyl (C=O) groups excluding carboxylic acids is 2. The first-order valence-corrected chi connectivity index (χ1v) is 15.4. The Balaban J connectivity index is 0. The molecule has 0 spiro atoms. The number of unbranched alkanes of at least 4 members (excludes halogenated alkanes) is 1. The summed E-state index contributed by atoms with van der Waals surface area (Å²) in [5.41, 5.74) is -0.704. The molecular formula is C32H49F3N2O12. The van der Waals surface area contributed by atoms with E-state index >= 15 is 0 Å². The van der Waals surface area contributed by atoms with Gasteiger partial charge in [-0.15, -0.1) is 10.1 Å². The van der Waals surface area contributed by atoms with Crippen molar-refractivity contribution >= 4 is 17.8 Å². The van der Waals surface area contributed by atoms with Crippen LogP contribution in [0.15, 0.2) is 48.6 Å². The molecule has 2 rings (SSSR count). The largest absolute Gasteiger partial charge is 0.493 e. The lowest BCUT2D eigenvalue weighted by Gasteiger charge is -2.10. The van der Waals surface area contributed by atoms with Crippen LogP contribution < -0.4 is 10.1 Å². The SMILES string of the molecule is C/C=C\CCCC(=O)OC(C)C.O.O=C(O)CNC(=O)COCCO[N+](=O)[O-].OC1CCCC1/C=C/CCOc1cccc(C(F)(F)F)c1. The van der Waals surface area contributed by atoms with Gasteiger partial charge in [0.25, 0.3) is 5.09 Å². The van der Waals surface area contributed by atoms with Gasteiger partial charge in [-0.2, -0.15) is 13.2 Å². The Morgan fingerprint density at radius 1 is 1.12 bits per heavy atom. The van der Waals surface area contributed by atoms with Crippen molar-refractivity contribution < 1.29 is 67.4 Å². The first kappa shape index (κ1) is 46.9. The predicted molar refractivity (Wildman–Crippen MR) is 172 cm³/mol. The normalized spacial score (nSPS) is 15.3. The zero-order valence-electron chi connectivity index (χ0n) is 28.0. The van der Waals surface area contributed by atoms with Crippen LogP contribution in [-0.2, 0) is 34.9 Å². The third-order valence-electron chi connectivity index (χ3n) is 6.08. The highest BCUT2D eigenvalue weighted by atomic mass is 19.4. The van der Waals surface area contributed by atoms with Crippen molar-refractivity contribution in [3.05, 3.63) is 64.2 Å². The molecule has 49 heavy (non-hydrogen) atoms. The third-order valence-corrected chi connectivity index (χ3v) is 6.08. The molecule has 1 aromatic carbocycles. The fraction of sp³-hybridized carbons (Fsp3) is 0.594. The molecule has 0 radical (unpaired) electrons. The van der Waals surface area contributed by atoms with Crippen molar-refractivity contribution in [3.8, 4) is 5.75 Å². The average Bonchev–Trinajstić information content (AvgIpc) is 3.42. The van der Waals surface area contributed by atoms with Crippen LogP contribution in [0, 0.1) is 16.0 Å². The van der Waals surface area contributed by atoms with Gasteiger partial charge in [0, 0.05) is 12.3 Å². The number of carbonyl (C=O) groups is 3. The number of carboxylic acid groups (broad SMARTS) is 1. The Labute approximate surface area is 283 Å². The van der Waals surface area contributed by atoms with E-state index in [-0.39, 0.29) is 55.1 Å². The summed E-state index contributed by atoms with van der Waals surface area (Å²) in [5.74, 6) is -1.44. The first-order chi connectivity index (χ1) is 22.6. The topological polar surface area (TPSA) is 215 Å². The number of amides is 1. The number of rotatable bonds is 18. The van der Waals surface area contributed by atoms with Crippen molar-refractivity contribution in [2.24, 2.45) is 5.92 Å². The quantitative estimate of drug-likeness (QED) is 0.0635. The molecule has 0 heterocycles. The Hall–Kier alpha value is -4.22. The van der Waals surface area contributed by atoms with Gasteiger partial charge in [-0.3, -0.25) is 14.4 Å². The molecule has 0 aliphatic heterocycles. The summed E-state index contributed by atoms with van der Waals surface area (Å²) in [5, 5.41) is 28.5. The zero-order valence-corrected chi connectivity index (χ0v) is 28.0. The van der Waals surface area contributed by atoms with Gasteiger partial charge in [0.1, 0.15) is 25.5 Å². The van der Waals surface area contributed by atoms with Gasteiger partial charge in [0.05, 0.1) is 31.0 Å². The van der Waals surface area contributed by atoms with Gasteiger partial charge in [-0.25, -0.2) is 0 Å². The van der Waals surface area contributed by atoms with Crippen molar-refractivity contribution in [1.82, 2.24) is 5.32 Å². The summed E-state index contributed by atoms with van der Waals surface area (Å²) in [6.45, 7) is 4.77. The molecule has 0 aromatic heterocycles. The number of allylic oxidation sites excluding steroid dienone is 2. The highest BCUT2D eigenvalue weighted by molar-refractivity contribution is 5.81. The van der Waals surface area contributed by atoms with Crippen LogP contribution in [-0.4, -0.2) is 83.8 Å². The second kappa shape index (κ2) is 27.7. The number of carboxylic acids is 1. The van der Waals surface area contributed by atoms with E-state index in [1.54, 1.807) is 0 Å². The van der Waals surface area contributed by atoms with Crippen LogP contribution in [0.3, 0.4) is 0 Å². The van der Waals surface area contributed by atoms with Crippen LogP contribution in [0.5, 0.6) is 5.75 Å². The van der Waals surface area contributed by atoms with E-state index < -0.39 is 35.2 Å². The van der Waals surface area contributed by atoms with Crippen molar-refractivity contribution in [2.75, 3.05) is 33.0 Å². The second-order valence-corrected chi connectivity index (χ2v) is 10.5. The minimum Gasteiger partial charge on any atom is -0.493 e. The van der Waals surface area contributed by atoms with Crippen molar-refractivity contribution in [1.29, 1.82) is 0 Å². The first-order valence-electron chi connectivity index (χ1n) is 15.4. The number of aliphatic hydroxyl groups is 1. The fourth-order valence-electron chi connectivity index (χ4n) is 3.89. The molecule has 0 bridgehead atoms. The van der Waals surface area contributed by atoms with E-state index in [9.17, 15) is 42.8 Å². The number of hydrogen-bond donors (Lipinski definition) is 3. The Bertz CT molecular complexity index is 1150. The maximum atomic E-state index is 12.5. The van der Waals surface area contributed by atoms with Crippen LogP contribution in [0.2, 0.25) is 0 Å². The van der Waals surface area contributed by atoms with Crippen molar-refractivity contribution in [3.63, 3.8) is 0 Å². The van der Waals surface area contributed by atoms with E-state index in [2.05, 4.69) is 15.7 Å².